The quantitative estimate of drug-likeness (QED) is 0.767. The molecule has 0 bridgehead atoms. The van der Waals surface area contributed by atoms with Crippen LogP contribution in [0.5, 0.6) is 0 Å². The minimum absolute atomic E-state index is 0.170. The summed E-state index contributed by atoms with van der Waals surface area (Å²) in [5, 5.41) is 0.932. The smallest absolute Gasteiger partial charge is 0.207 e. The Kier molecular flexibility index (Phi) is 5.03. The first-order valence-corrected chi connectivity index (χ1v) is 9.26. The molecule has 1 atom stereocenters. The molecule has 3 nitrogen and oxygen atoms in total. The third-order valence-corrected chi connectivity index (χ3v) is 6.10. The van der Waals surface area contributed by atoms with Crippen molar-refractivity contribution in [2.24, 2.45) is 0 Å². The van der Waals surface area contributed by atoms with E-state index in [2.05, 4.69) is 15.9 Å². The molecule has 0 aliphatic carbocycles. The van der Waals surface area contributed by atoms with Gasteiger partial charge < -0.3 is 0 Å². The highest BCUT2D eigenvalue weighted by atomic mass is 79.9. The van der Waals surface area contributed by atoms with Gasteiger partial charge in [0.25, 0.3) is 0 Å². The molecule has 2 rings (SSSR count). The first-order chi connectivity index (χ1) is 9.05. The van der Waals surface area contributed by atoms with Gasteiger partial charge in [-0.1, -0.05) is 28.1 Å². The molecule has 0 amide bonds. The zero-order valence-corrected chi connectivity index (χ0v) is 13.6. The number of nitrogens with zero attached hydrogens (tertiary/aromatic N) is 1. The summed E-state index contributed by atoms with van der Waals surface area (Å²) >= 11 is 3.41. The van der Waals surface area contributed by atoms with Gasteiger partial charge in [0.15, 0.2) is 0 Å². The van der Waals surface area contributed by atoms with Gasteiger partial charge >= 0.3 is 0 Å². The Bertz CT molecular complexity index is 530. The Balaban J connectivity index is 2.23. The number of rotatable bonds is 5. The molecule has 1 fully saturated rings. The molecule has 1 aliphatic rings. The van der Waals surface area contributed by atoms with E-state index in [-0.39, 0.29) is 6.04 Å². The highest BCUT2D eigenvalue weighted by molar-refractivity contribution is 9.09. The van der Waals surface area contributed by atoms with Crippen LogP contribution in [0.4, 0.5) is 0 Å². The minimum atomic E-state index is -3.32. The van der Waals surface area contributed by atoms with Gasteiger partial charge in [0.2, 0.25) is 10.0 Å². The first-order valence-electron chi connectivity index (χ1n) is 6.70. The Hall–Kier alpha value is -0.390. The number of benzene rings is 1. The van der Waals surface area contributed by atoms with Crippen molar-refractivity contribution in [1.82, 2.24) is 4.31 Å². The lowest BCUT2D eigenvalue weighted by Crippen LogP contribution is -2.35. The van der Waals surface area contributed by atoms with Crippen molar-refractivity contribution < 1.29 is 8.42 Å². The minimum Gasteiger partial charge on any atom is -0.207 e. The molecular formula is C14H20BrNO2S. The summed E-state index contributed by atoms with van der Waals surface area (Å²) in [5.74, 6) is 0. The lowest BCUT2D eigenvalue weighted by Gasteiger charge is -2.24. The summed E-state index contributed by atoms with van der Waals surface area (Å²) in [6, 6.07) is 7.36. The number of hydrogen-bond donors (Lipinski definition) is 0. The van der Waals surface area contributed by atoms with Crippen LogP contribution in [0.25, 0.3) is 0 Å². The zero-order valence-electron chi connectivity index (χ0n) is 11.2. The molecule has 0 N–H and O–H groups in total. The maximum Gasteiger partial charge on any atom is 0.243 e. The SMILES string of the molecule is Cc1cccc(S(=O)(=O)N2CCCC2CCCBr)c1. The fourth-order valence-corrected chi connectivity index (χ4v) is 4.79. The molecule has 0 saturated carbocycles. The molecule has 1 aliphatic heterocycles. The highest BCUT2D eigenvalue weighted by Crippen LogP contribution is 2.28. The van der Waals surface area contributed by atoms with E-state index in [9.17, 15) is 8.42 Å². The normalized spacial score (nSPS) is 20.8. The number of hydrogen-bond acceptors (Lipinski definition) is 2. The Morgan fingerprint density at radius 3 is 2.89 bits per heavy atom. The van der Waals surface area contributed by atoms with Crippen molar-refractivity contribution >= 4 is 26.0 Å². The van der Waals surface area contributed by atoms with E-state index in [0.29, 0.717) is 11.4 Å². The van der Waals surface area contributed by atoms with Crippen LogP contribution < -0.4 is 0 Å². The predicted molar refractivity (Wildman–Crippen MR) is 81.1 cm³/mol. The van der Waals surface area contributed by atoms with Crippen molar-refractivity contribution in [3.63, 3.8) is 0 Å². The van der Waals surface area contributed by atoms with Gasteiger partial charge in [-0.25, -0.2) is 8.42 Å². The van der Waals surface area contributed by atoms with Gasteiger partial charge in [-0.15, -0.1) is 0 Å². The molecule has 0 aromatic heterocycles. The average molecular weight is 346 g/mol. The van der Waals surface area contributed by atoms with Crippen LogP contribution in [-0.4, -0.2) is 30.6 Å². The third kappa shape index (κ3) is 3.38. The summed E-state index contributed by atoms with van der Waals surface area (Å²) in [5.41, 5.74) is 0.984. The van der Waals surface area contributed by atoms with Crippen LogP contribution in [-0.2, 0) is 10.0 Å². The average Bonchev–Trinajstić information content (AvgIpc) is 2.85. The largest absolute Gasteiger partial charge is 0.243 e. The zero-order chi connectivity index (χ0) is 13.9. The molecule has 5 heteroatoms. The Morgan fingerprint density at radius 1 is 1.42 bits per heavy atom. The molecule has 1 saturated heterocycles. The topological polar surface area (TPSA) is 37.4 Å². The molecule has 1 aromatic rings. The monoisotopic (exact) mass is 345 g/mol. The fourth-order valence-electron chi connectivity index (χ4n) is 2.64. The van der Waals surface area contributed by atoms with Crippen molar-refractivity contribution in [3.8, 4) is 0 Å². The van der Waals surface area contributed by atoms with Gasteiger partial charge in [-0.3, -0.25) is 0 Å². The summed E-state index contributed by atoms with van der Waals surface area (Å²) in [6.07, 6.45) is 3.91. The molecule has 0 spiro atoms. The van der Waals surface area contributed by atoms with Crippen LogP contribution in [0.15, 0.2) is 29.2 Å². The van der Waals surface area contributed by atoms with Gasteiger partial charge in [-0.2, -0.15) is 4.31 Å². The van der Waals surface area contributed by atoms with E-state index < -0.39 is 10.0 Å². The van der Waals surface area contributed by atoms with Crippen LogP contribution in [0.2, 0.25) is 0 Å². The van der Waals surface area contributed by atoms with E-state index in [1.807, 2.05) is 19.1 Å². The highest BCUT2D eigenvalue weighted by Gasteiger charge is 2.34. The molecule has 1 unspecified atom stereocenters. The second-order valence-corrected chi connectivity index (χ2v) is 7.74. The number of alkyl halides is 1. The fraction of sp³-hybridized carbons (Fsp3) is 0.571. The first kappa shape index (κ1) is 15.0. The number of sulfonamides is 1. The Labute approximate surface area is 124 Å². The summed E-state index contributed by atoms with van der Waals surface area (Å²) in [7, 11) is -3.32. The standard InChI is InChI=1S/C14H20BrNO2S/c1-12-5-2-8-14(11-12)19(17,18)16-10-4-7-13(16)6-3-9-15/h2,5,8,11,13H,3-4,6-7,9-10H2,1H3. The van der Waals surface area contributed by atoms with Crippen LogP contribution in [0.1, 0.15) is 31.2 Å². The number of halogens is 1. The molecule has 0 radical (unpaired) electrons. The maximum absolute atomic E-state index is 12.7. The third-order valence-electron chi connectivity index (χ3n) is 3.59. The second-order valence-electron chi connectivity index (χ2n) is 5.06. The van der Waals surface area contributed by atoms with Gasteiger partial charge in [0.05, 0.1) is 4.90 Å². The van der Waals surface area contributed by atoms with Gasteiger partial charge in [0, 0.05) is 17.9 Å². The predicted octanol–water partition coefficient (Wildman–Crippen LogP) is 3.32. The molecular weight excluding hydrogens is 326 g/mol. The second kappa shape index (κ2) is 6.37. The van der Waals surface area contributed by atoms with E-state index in [1.54, 1.807) is 16.4 Å². The van der Waals surface area contributed by atoms with Crippen molar-refractivity contribution in [2.75, 3.05) is 11.9 Å². The molecule has 19 heavy (non-hydrogen) atoms. The van der Waals surface area contributed by atoms with Crippen molar-refractivity contribution in [2.45, 2.75) is 43.5 Å². The van der Waals surface area contributed by atoms with Crippen molar-refractivity contribution in [1.29, 1.82) is 0 Å². The maximum atomic E-state index is 12.7. The molecule has 1 heterocycles. The van der Waals surface area contributed by atoms with E-state index in [0.717, 1.165) is 36.6 Å². The van der Waals surface area contributed by atoms with Crippen LogP contribution >= 0.6 is 15.9 Å². The summed E-state index contributed by atoms with van der Waals surface area (Å²) in [6.45, 7) is 2.58. The van der Waals surface area contributed by atoms with Crippen LogP contribution in [0, 0.1) is 6.92 Å². The van der Waals surface area contributed by atoms with Gasteiger partial charge in [0.1, 0.15) is 0 Å². The Morgan fingerprint density at radius 2 is 2.21 bits per heavy atom. The van der Waals surface area contributed by atoms with Crippen molar-refractivity contribution in [3.05, 3.63) is 29.8 Å². The van der Waals surface area contributed by atoms with E-state index in [4.69, 9.17) is 0 Å². The molecule has 1 aromatic carbocycles. The van der Waals surface area contributed by atoms with E-state index >= 15 is 0 Å². The van der Waals surface area contributed by atoms with E-state index in [1.165, 1.54) is 0 Å². The lowest BCUT2D eigenvalue weighted by atomic mass is 10.1. The summed E-state index contributed by atoms with van der Waals surface area (Å²) in [4.78, 5) is 0.429. The number of aryl methyl sites for hydroxylation is 1. The lowest BCUT2D eigenvalue weighted by molar-refractivity contribution is 0.369. The summed E-state index contributed by atoms with van der Waals surface area (Å²) < 4.78 is 27.0. The van der Waals surface area contributed by atoms with Gasteiger partial charge in [-0.05, 0) is 50.3 Å². The molecule has 106 valence electrons. The van der Waals surface area contributed by atoms with Crippen LogP contribution in [0.3, 0.4) is 0 Å².